The second kappa shape index (κ2) is 6.71. The Morgan fingerprint density at radius 2 is 2.04 bits per heavy atom. The molecule has 0 fully saturated rings. The zero-order chi connectivity index (χ0) is 18.1. The van der Waals surface area contributed by atoms with Crippen molar-refractivity contribution in [3.63, 3.8) is 0 Å². The van der Waals surface area contributed by atoms with E-state index >= 15 is 0 Å². The molecule has 6 nitrogen and oxygen atoms in total. The molecule has 1 aliphatic rings. The Morgan fingerprint density at radius 3 is 2.92 bits per heavy atom. The minimum atomic E-state index is -0.328. The van der Waals surface area contributed by atoms with Crippen LogP contribution in [0.1, 0.15) is 17.5 Å². The van der Waals surface area contributed by atoms with Gasteiger partial charge in [0.25, 0.3) is 0 Å². The summed E-state index contributed by atoms with van der Waals surface area (Å²) in [5.74, 6) is 0.799. The molecule has 1 N–H and O–H groups in total. The summed E-state index contributed by atoms with van der Waals surface area (Å²) < 4.78 is 11.3. The van der Waals surface area contributed by atoms with Crippen LogP contribution >= 0.6 is 0 Å². The first kappa shape index (κ1) is 16.4. The molecular weight excluding hydrogens is 330 g/mol. The van der Waals surface area contributed by atoms with E-state index in [0.29, 0.717) is 13.2 Å². The van der Waals surface area contributed by atoms with Crippen LogP contribution < -0.4 is 4.74 Å². The Balaban J connectivity index is 1.80. The van der Waals surface area contributed by atoms with Crippen LogP contribution in [0.2, 0.25) is 0 Å². The van der Waals surface area contributed by atoms with Crippen LogP contribution in [0.15, 0.2) is 36.4 Å². The predicted molar refractivity (Wildman–Crippen MR) is 99.2 cm³/mol. The number of amides is 1. The zero-order valence-electron chi connectivity index (χ0n) is 14.9. The lowest BCUT2D eigenvalue weighted by atomic mass is 10.0. The van der Waals surface area contributed by atoms with Gasteiger partial charge in [0.15, 0.2) is 0 Å². The minimum Gasteiger partial charge on any atom is -0.494 e. The molecule has 6 heteroatoms. The second-order valence-corrected chi connectivity index (χ2v) is 6.67. The Hall–Kier alpha value is -3.02. The molecule has 4 bridgehead atoms. The fraction of sp³-hybridized carbons (Fsp3) is 0.300. The quantitative estimate of drug-likeness (QED) is 0.667. The average molecular weight is 351 g/mol. The predicted octanol–water partition coefficient (Wildman–Crippen LogP) is 3.89. The Labute approximate surface area is 151 Å². The molecule has 1 aromatic heterocycles. The highest BCUT2D eigenvalue weighted by Crippen LogP contribution is 2.30. The number of nitrogens with one attached hydrogen (secondary N) is 1. The first-order valence-electron chi connectivity index (χ1n) is 8.70. The molecule has 0 saturated heterocycles. The molecule has 1 aliphatic heterocycles. The van der Waals surface area contributed by atoms with E-state index in [4.69, 9.17) is 9.47 Å². The van der Waals surface area contributed by atoms with Gasteiger partial charge in [0.1, 0.15) is 18.1 Å². The van der Waals surface area contributed by atoms with Crippen LogP contribution in [0.3, 0.4) is 0 Å². The van der Waals surface area contributed by atoms with Crippen LogP contribution in [-0.2, 0) is 11.3 Å². The molecule has 0 atom stereocenters. The molecule has 0 radical (unpaired) electrons. The Kier molecular flexibility index (Phi) is 4.24. The number of aromatic nitrogens is 2. The summed E-state index contributed by atoms with van der Waals surface area (Å²) in [6.07, 6.45) is 0.403. The van der Waals surface area contributed by atoms with Gasteiger partial charge >= 0.3 is 6.09 Å². The number of aromatic amines is 1. The lowest BCUT2D eigenvalue weighted by Gasteiger charge is -2.17. The number of rotatable bonds is 0. The molecule has 1 amide bonds. The van der Waals surface area contributed by atoms with Gasteiger partial charge in [0.05, 0.1) is 12.1 Å². The summed E-state index contributed by atoms with van der Waals surface area (Å²) in [6.45, 7) is 3.38. The van der Waals surface area contributed by atoms with Crippen molar-refractivity contribution in [2.24, 2.45) is 0 Å². The number of H-pyrrole nitrogens is 1. The monoisotopic (exact) mass is 351 g/mol. The molecule has 0 spiro atoms. The smallest absolute Gasteiger partial charge is 0.409 e. The summed E-state index contributed by atoms with van der Waals surface area (Å²) in [7, 11) is 1.74. The molecule has 4 rings (SSSR count). The van der Waals surface area contributed by atoms with E-state index in [1.54, 1.807) is 11.9 Å². The van der Waals surface area contributed by atoms with Gasteiger partial charge in [0, 0.05) is 24.5 Å². The molecule has 2 aromatic carbocycles. The maximum atomic E-state index is 12.1. The van der Waals surface area contributed by atoms with E-state index in [0.717, 1.165) is 45.5 Å². The third-order valence-electron chi connectivity index (χ3n) is 4.53. The Morgan fingerprint density at radius 1 is 1.15 bits per heavy atom. The molecular formula is C20H21N3O3. The summed E-state index contributed by atoms with van der Waals surface area (Å²) in [5.41, 5.74) is 4.86. The van der Waals surface area contributed by atoms with Gasteiger partial charge in [-0.2, -0.15) is 5.10 Å². The maximum absolute atomic E-state index is 12.1. The number of aryl methyl sites for hydroxylation is 1. The fourth-order valence-corrected chi connectivity index (χ4v) is 3.22. The Bertz CT molecular complexity index is 964. The largest absolute Gasteiger partial charge is 0.494 e. The van der Waals surface area contributed by atoms with Crippen molar-refractivity contribution in [1.82, 2.24) is 15.1 Å². The van der Waals surface area contributed by atoms with E-state index in [1.165, 1.54) is 0 Å². The number of hydrogen-bond donors (Lipinski definition) is 1. The molecule has 26 heavy (non-hydrogen) atoms. The number of nitrogens with zero attached hydrogens (tertiary/aromatic N) is 2. The van der Waals surface area contributed by atoms with Gasteiger partial charge in [-0.1, -0.05) is 11.6 Å². The van der Waals surface area contributed by atoms with E-state index in [9.17, 15) is 4.79 Å². The van der Waals surface area contributed by atoms with Gasteiger partial charge in [-0.05, 0) is 49.2 Å². The second-order valence-electron chi connectivity index (χ2n) is 6.67. The van der Waals surface area contributed by atoms with E-state index in [-0.39, 0.29) is 12.7 Å². The number of hydrogen-bond acceptors (Lipinski definition) is 4. The number of benzene rings is 2. The van der Waals surface area contributed by atoms with Gasteiger partial charge in [0.2, 0.25) is 0 Å². The average Bonchev–Trinajstić information content (AvgIpc) is 3.05. The number of carbonyl (C=O) groups excluding carboxylic acids is 1. The van der Waals surface area contributed by atoms with Crippen LogP contribution in [-0.4, -0.2) is 41.4 Å². The first-order valence-corrected chi connectivity index (χ1v) is 8.70. The highest BCUT2D eigenvalue weighted by molar-refractivity contribution is 5.94. The summed E-state index contributed by atoms with van der Waals surface area (Å²) in [5, 5.41) is 8.59. The van der Waals surface area contributed by atoms with Crippen molar-refractivity contribution in [1.29, 1.82) is 0 Å². The van der Waals surface area contributed by atoms with Crippen molar-refractivity contribution in [2.75, 3.05) is 20.2 Å². The lowest BCUT2D eigenvalue weighted by Crippen LogP contribution is -2.29. The topological polar surface area (TPSA) is 67.5 Å². The summed E-state index contributed by atoms with van der Waals surface area (Å²) in [6, 6.07) is 12.1. The van der Waals surface area contributed by atoms with Gasteiger partial charge < -0.3 is 14.4 Å². The highest BCUT2D eigenvalue weighted by Gasteiger charge is 2.14. The van der Waals surface area contributed by atoms with Crippen molar-refractivity contribution in [3.05, 3.63) is 47.5 Å². The normalized spacial score (nSPS) is 15.3. The van der Waals surface area contributed by atoms with E-state index in [1.807, 2.05) is 37.3 Å². The lowest BCUT2D eigenvalue weighted by molar-refractivity contribution is 0.103. The van der Waals surface area contributed by atoms with Crippen molar-refractivity contribution >= 4 is 17.0 Å². The third kappa shape index (κ3) is 3.22. The van der Waals surface area contributed by atoms with E-state index in [2.05, 4.69) is 16.3 Å². The van der Waals surface area contributed by atoms with Crippen LogP contribution in [0, 0.1) is 6.92 Å². The minimum absolute atomic E-state index is 0.238. The number of fused-ring (bicyclic) bond motifs is 4. The third-order valence-corrected chi connectivity index (χ3v) is 4.53. The standard InChI is InChI=1S/C20H21N3O3/c1-13-8-14-10-15(9-13)19-17-11-16(4-5-18(17)21-22-19)25-7-3-6-23(2)20(24)26-12-14/h4-5,8-11H,3,6-7,12H2,1-2H3,(H,21,22). The number of cyclic esters (lactones) is 1. The van der Waals surface area contributed by atoms with Gasteiger partial charge in [-0.15, -0.1) is 0 Å². The van der Waals surface area contributed by atoms with Crippen molar-refractivity contribution in [3.8, 4) is 17.0 Å². The van der Waals surface area contributed by atoms with Gasteiger partial charge in [-0.3, -0.25) is 5.10 Å². The molecule has 2 heterocycles. The van der Waals surface area contributed by atoms with Crippen LogP contribution in [0.4, 0.5) is 4.79 Å². The fourth-order valence-electron chi connectivity index (χ4n) is 3.22. The van der Waals surface area contributed by atoms with Crippen molar-refractivity contribution < 1.29 is 14.3 Å². The van der Waals surface area contributed by atoms with Crippen molar-refractivity contribution in [2.45, 2.75) is 20.0 Å². The molecule has 0 saturated carbocycles. The number of ether oxygens (including phenoxy) is 2. The van der Waals surface area contributed by atoms with Gasteiger partial charge in [-0.25, -0.2) is 4.79 Å². The molecule has 3 aromatic rings. The molecule has 0 unspecified atom stereocenters. The summed E-state index contributed by atoms with van der Waals surface area (Å²) >= 11 is 0. The maximum Gasteiger partial charge on any atom is 0.409 e. The van der Waals surface area contributed by atoms with E-state index < -0.39 is 0 Å². The van der Waals surface area contributed by atoms with Crippen LogP contribution in [0.25, 0.3) is 22.2 Å². The molecule has 0 aliphatic carbocycles. The van der Waals surface area contributed by atoms with Crippen LogP contribution in [0.5, 0.6) is 5.75 Å². The highest BCUT2D eigenvalue weighted by atomic mass is 16.6. The summed E-state index contributed by atoms with van der Waals surface area (Å²) in [4.78, 5) is 13.7. The zero-order valence-corrected chi connectivity index (χ0v) is 14.9. The number of carbonyl (C=O) groups is 1. The SMILES string of the molecule is Cc1cc2cc(c1)-c1n[nH]c3ccc(cc13)OCCCN(C)C(=O)OC2. The first-order chi connectivity index (χ1) is 12.6. The molecule has 134 valence electrons.